The summed E-state index contributed by atoms with van der Waals surface area (Å²) in [5, 5.41) is 10.0. The number of halogens is 2. The number of pyridine rings is 1. The predicted octanol–water partition coefficient (Wildman–Crippen LogP) is 3.67. The van der Waals surface area contributed by atoms with Crippen LogP contribution >= 0.6 is 23.2 Å². The van der Waals surface area contributed by atoms with Gasteiger partial charge >= 0.3 is 0 Å². The highest BCUT2D eigenvalue weighted by Gasteiger charge is 2.05. The lowest BCUT2D eigenvalue weighted by molar-refractivity contribution is 0.276. The van der Waals surface area contributed by atoms with Crippen LogP contribution in [-0.2, 0) is 6.61 Å². The Labute approximate surface area is 109 Å². The van der Waals surface area contributed by atoms with Crippen molar-refractivity contribution in [2.24, 2.45) is 0 Å². The molecule has 0 saturated heterocycles. The van der Waals surface area contributed by atoms with Crippen LogP contribution in [0.3, 0.4) is 0 Å². The summed E-state index contributed by atoms with van der Waals surface area (Å²) in [6.07, 6.45) is 3.14. The smallest absolute Gasteiger partial charge is 0.136 e. The first-order valence-electron chi connectivity index (χ1n) is 4.87. The summed E-state index contributed by atoms with van der Waals surface area (Å²) >= 11 is 11.7. The van der Waals surface area contributed by atoms with Gasteiger partial charge in [-0.2, -0.15) is 0 Å². The van der Waals surface area contributed by atoms with Gasteiger partial charge in [0, 0.05) is 24.0 Å². The summed E-state index contributed by atoms with van der Waals surface area (Å²) in [4.78, 5) is 3.90. The van der Waals surface area contributed by atoms with E-state index in [2.05, 4.69) is 4.98 Å². The van der Waals surface area contributed by atoms with Crippen LogP contribution in [0.25, 0.3) is 0 Å². The zero-order valence-corrected chi connectivity index (χ0v) is 10.2. The third-order valence-corrected chi connectivity index (χ3v) is 2.89. The van der Waals surface area contributed by atoms with Gasteiger partial charge in [-0.25, -0.2) is 0 Å². The summed E-state index contributed by atoms with van der Waals surface area (Å²) in [6.45, 7) is -0.134. The Morgan fingerprint density at radius 1 is 1.18 bits per heavy atom. The maximum atomic E-state index is 9.13. The molecular formula is C12H9Cl2NO2. The highest BCUT2D eigenvalue weighted by Crippen LogP contribution is 2.30. The summed E-state index contributed by atoms with van der Waals surface area (Å²) in [6, 6.07) is 6.65. The average molecular weight is 270 g/mol. The van der Waals surface area contributed by atoms with Crippen molar-refractivity contribution in [3.63, 3.8) is 0 Å². The van der Waals surface area contributed by atoms with E-state index >= 15 is 0 Å². The summed E-state index contributed by atoms with van der Waals surface area (Å²) < 4.78 is 5.59. The van der Waals surface area contributed by atoms with Gasteiger partial charge in [-0.15, -0.1) is 0 Å². The quantitative estimate of drug-likeness (QED) is 0.925. The van der Waals surface area contributed by atoms with Crippen LogP contribution in [0.5, 0.6) is 11.5 Å². The first-order chi connectivity index (χ1) is 8.20. The van der Waals surface area contributed by atoms with Crippen LogP contribution in [0.4, 0.5) is 0 Å². The Hall–Kier alpha value is -1.29. The molecule has 0 radical (unpaired) electrons. The molecule has 0 unspecified atom stereocenters. The highest BCUT2D eigenvalue weighted by atomic mass is 35.5. The van der Waals surface area contributed by atoms with Crippen molar-refractivity contribution in [1.82, 2.24) is 4.98 Å². The standard InChI is InChI=1S/C12H9Cl2NO2/c13-10-2-1-9(5-11(10)14)17-12-3-4-15-6-8(12)7-16/h1-6,16H,7H2. The summed E-state index contributed by atoms with van der Waals surface area (Å²) in [7, 11) is 0. The molecule has 0 fully saturated rings. The van der Waals surface area contributed by atoms with Crippen molar-refractivity contribution in [3.8, 4) is 11.5 Å². The first kappa shape index (κ1) is 12.2. The number of ether oxygens (including phenoxy) is 1. The minimum absolute atomic E-state index is 0.134. The third kappa shape index (κ3) is 2.88. The van der Waals surface area contributed by atoms with Gasteiger partial charge in [-0.1, -0.05) is 23.2 Å². The molecule has 17 heavy (non-hydrogen) atoms. The second kappa shape index (κ2) is 5.36. The Balaban J connectivity index is 2.28. The number of aromatic nitrogens is 1. The van der Waals surface area contributed by atoms with Crippen LogP contribution in [0, 0.1) is 0 Å². The van der Waals surface area contributed by atoms with E-state index in [9.17, 15) is 0 Å². The molecule has 1 N–H and O–H groups in total. The molecule has 1 aromatic carbocycles. The van der Waals surface area contributed by atoms with Gasteiger partial charge in [0.25, 0.3) is 0 Å². The van der Waals surface area contributed by atoms with E-state index in [1.54, 1.807) is 36.7 Å². The number of hydrogen-bond donors (Lipinski definition) is 1. The van der Waals surface area contributed by atoms with Gasteiger partial charge < -0.3 is 9.84 Å². The average Bonchev–Trinajstić information content (AvgIpc) is 2.34. The fourth-order valence-electron chi connectivity index (χ4n) is 1.30. The molecule has 0 atom stereocenters. The van der Waals surface area contributed by atoms with E-state index in [0.717, 1.165) is 0 Å². The van der Waals surface area contributed by atoms with E-state index in [4.69, 9.17) is 33.0 Å². The topological polar surface area (TPSA) is 42.4 Å². The van der Waals surface area contributed by atoms with Crippen LogP contribution < -0.4 is 4.74 Å². The SMILES string of the molecule is OCc1cnccc1Oc1ccc(Cl)c(Cl)c1. The number of aliphatic hydroxyl groups is 1. The molecule has 2 rings (SSSR count). The molecular weight excluding hydrogens is 261 g/mol. The molecule has 5 heteroatoms. The number of aliphatic hydroxyl groups excluding tert-OH is 1. The molecule has 0 spiro atoms. The van der Waals surface area contributed by atoms with Crippen LogP contribution in [0.15, 0.2) is 36.7 Å². The molecule has 0 saturated carbocycles. The summed E-state index contributed by atoms with van der Waals surface area (Å²) in [5.74, 6) is 1.10. The van der Waals surface area contributed by atoms with Crippen molar-refractivity contribution in [3.05, 3.63) is 52.3 Å². The van der Waals surface area contributed by atoms with Crippen LogP contribution in [0.2, 0.25) is 10.0 Å². The molecule has 88 valence electrons. The second-order valence-corrected chi connectivity index (χ2v) is 4.13. The van der Waals surface area contributed by atoms with Gasteiger partial charge in [0.15, 0.2) is 0 Å². The number of benzene rings is 1. The molecule has 0 amide bonds. The maximum Gasteiger partial charge on any atom is 0.136 e. The van der Waals surface area contributed by atoms with Crippen LogP contribution in [0.1, 0.15) is 5.56 Å². The minimum Gasteiger partial charge on any atom is -0.457 e. The fourth-order valence-corrected chi connectivity index (χ4v) is 1.59. The Bertz CT molecular complexity index is 532. The highest BCUT2D eigenvalue weighted by molar-refractivity contribution is 6.42. The largest absolute Gasteiger partial charge is 0.457 e. The van der Waals surface area contributed by atoms with E-state index in [-0.39, 0.29) is 6.61 Å². The first-order valence-corrected chi connectivity index (χ1v) is 5.63. The van der Waals surface area contributed by atoms with E-state index < -0.39 is 0 Å². The van der Waals surface area contributed by atoms with Crippen molar-refractivity contribution in [1.29, 1.82) is 0 Å². The van der Waals surface area contributed by atoms with Crippen molar-refractivity contribution < 1.29 is 9.84 Å². The molecule has 1 aromatic heterocycles. The monoisotopic (exact) mass is 269 g/mol. The molecule has 2 aromatic rings. The normalized spacial score (nSPS) is 10.3. The zero-order valence-electron chi connectivity index (χ0n) is 8.73. The minimum atomic E-state index is -0.134. The molecule has 0 bridgehead atoms. The van der Waals surface area contributed by atoms with E-state index in [1.807, 2.05) is 0 Å². The number of nitrogens with zero attached hydrogens (tertiary/aromatic N) is 1. The van der Waals surface area contributed by atoms with Crippen molar-refractivity contribution in [2.45, 2.75) is 6.61 Å². The molecule has 0 aliphatic rings. The van der Waals surface area contributed by atoms with Crippen LogP contribution in [-0.4, -0.2) is 10.1 Å². The zero-order chi connectivity index (χ0) is 12.3. The second-order valence-electron chi connectivity index (χ2n) is 3.32. The van der Waals surface area contributed by atoms with Crippen molar-refractivity contribution >= 4 is 23.2 Å². The Morgan fingerprint density at radius 2 is 2.00 bits per heavy atom. The van der Waals surface area contributed by atoms with Crippen molar-refractivity contribution in [2.75, 3.05) is 0 Å². The molecule has 0 aliphatic heterocycles. The lowest BCUT2D eigenvalue weighted by atomic mass is 10.2. The van der Waals surface area contributed by atoms with Gasteiger partial charge in [-0.3, -0.25) is 4.98 Å². The lowest BCUT2D eigenvalue weighted by Crippen LogP contribution is -1.92. The van der Waals surface area contributed by atoms with Gasteiger partial charge in [0.2, 0.25) is 0 Å². The fraction of sp³-hybridized carbons (Fsp3) is 0.0833. The molecule has 1 heterocycles. The molecule has 3 nitrogen and oxygen atoms in total. The van der Waals surface area contributed by atoms with Gasteiger partial charge in [0.05, 0.1) is 16.7 Å². The predicted molar refractivity (Wildman–Crippen MR) is 66.7 cm³/mol. The molecule has 0 aliphatic carbocycles. The number of rotatable bonds is 3. The van der Waals surface area contributed by atoms with Gasteiger partial charge in [-0.05, 0) is 18.2 Å². The number of hydrogen-bond acceptors (Lipinski definition) is 3. The third-order valence-electron chi connectivity index (χ3n) is 2.15. The Morgan fingerprint density at radius 3 is 2.71 bits per heavy atom. The lowest BCUT2D eigenvalue weighted by Gasteiger charge is -2.09. The maximum absolute atomic E-state index is 9.13. The van der Waals surface area contributed by atoms with E-state index in [0.29, 0.717) is 27.1 Å². The summed E-state index contributed by atoms with van der Waals surface area (Å²) in [5.41, 5.74) is 0.610. The Kier molecular flexibility index (Phi) is 3.84. The van der Waals surface area contributed by atoms with E-state index in [1.165, 1.54) is 0 Å². The van der Waals surface area contributed by atoms with Gasteiger partial charge in [0.1, 0.15) is 11.5 Å².